The van der Waals surface area contributed by atoms with Crippen molar-refractivity contribution >= 4 is 11.9 Å². The number of hydrogen-bond acceptors (Lipinski definition) is 3. The Kier molecular flexibility index (Phi) is 8.89. The van der Waals surface area contributed by atoms with Gasteiger partial charge in [0.2, 0.25) is 0 Å². The monoisotopic (exact) mass is 567 g/mol. The second kappa shape index (κ2) is 10.2. The Labute approximate surface area is 200 Å². The average Bonchev–Trinajstić information content (AvgIpc) is 2.75. The van der Waals surface area contributed by atoms with Crippen molar-refractivity contribution in [1.82, 2.24) is 5.32 Å². The zero-order chi connectivity index (χ0) is 29.4. The maximum absolute atomic E-state index is 14.7. The number of carbonyl (C=O) groups excluding carboxylic acids is 2. The summed E-state index contributed by atoms with van der Waals surface area (Å²) in [6, 6.07) is 2.83. The number of benzene rings is 1. The van der Waals surface area contributed by atoms with Gasteiger partial charge in [0.05, 0.1) is 12.0 Å². The molecule has 1 amide bonds. The number of rotatable bonds is 10. The van der Waals surface area contributed by atoms with Gasteiger partial charge in [-0.1, -0.05) is 25.1 Å². The van der Waals surface area contributed by atoms with Crippen molar-refractivity contribution < 1.29 is 71.4 Å². The third-order valence-electron chi connectivity index (χ3n) is 4.96. The lowest BCUT2D eigenvalue weighted by Gasteiger charge is -2.42. The van der Waals surface area contributed by atoms with Gasteiger partial charge in [0, 0.05) is 5.56 Å². The predicted octanol–water partition coefficient (Wildman–Crippen LogP) is 6.11. The molecule has 0 aliphatic rings. The average molecular weight is 567 g/mol. The summed E-state index contributed by atoms with van der Waals surface area (Å²) in [5.74, 6) is -45.3. The van der Waals surface area contributed by atoms with Crippen molar-refractivity contribution in [3.63, 3.8) is 0 Å². The second-order valence-electron chi connectivity index (χ2n) is 8.01. The molecule has 2 atom stereocenters. The van der Waals surface area contributed by atoms with E-state index in [9.17, 15) is 66.7 Å². The molecule has 2 unspecified atom stereocenters. The maximum atomic E-state index is 14.7. The molecule has 4 nitrogen and oxygen atoms in total. The molecular weight excluding hydrogens is 549 g/mol. The maximum Gasteiger partial charge on any atom is 0.460 e. The minimum Gasteiger partial charge on any atom is -0.461 e. The highest BCUT2D eigenvalue weighted by atomic mass is 19.4. The molecule has 1 rings (SSSR count). The van der Waals surface area contributed by atoms with Gasteiger partial charge in [-0.3, -0.25) is 4.79 Å². The van der Waals surface area contributed by atoms with Crippen LogP contribution in [0, 0.1) is 5.92 Å². The first kappa shape index (κ1) is 32.3. The fraction of sp³-hybridized carbons (Fsp3) is 0.600. The Hall–Kier alpha value is -2.75. The summed E-state index contributed by atoms with van der Waals surface area (Å²) in [5.41, 5.74) is -0.395. The SMILES string of the molecule is CC(C)OC(=O)C(NC(=O)c1ccccc1)C(C)C(F)(F)C(F)(F)C(F)(F)C(F)(F)C(F)(F)C(F)(F)F. The van der Waals surface area contributed by atoms with Gasteiger partial charge in [0.15, 0.2) is 0 Å². The third-order valence-corrected chi connectivity index (χ3v) is 4.96. The highest BCUT2D eigenvalue weighted by Gasteiger charge is 2.91. The molecule has 17 heteroatoms. The van der Waals surface area contributed by atoms with Crippen molar-refractivity contribution in [3.8, 4) is 0 Å². The van der Waals surface area contributed by atoms with E-state index < -0.39 is 71.3 Å². The van der Waals surface area contributed by atoms with Gasteiger partial charge >= 0.3 is 41.8 Å². The minimum atomic E-state index is -8.09. The summed E-state index contributed by atoms with van der Waals surface area (Å²) in [6.45, 7) is 2.06. The standard InChI is InChI=1S/C20H18F13NO3/c1-9(2)37-14(36)12(34-13(35)11-7-5-4-6-8-11)10(3)15(21,22)16(23,24)17(25,26)18(27,28)19(29,30)20(31,32)33/h4-10,12H,1-3H3,(H,34,35). The van der Waals surface area contributed by atoms with Crippen LogP contribution in [0.2, 0.25) is 0 Å². The molecule has 0 fully saturated rings. The molecule has 1 aromatic carbocycles. The van der Waals surface area contributed by atoms with E-state index >= 15 is 0 Å². The molecule has 0 aromatic heterocycles. The van der Waals surface area contributed by atoms with Crippen molar-refractivity contribution in [2.75, 3.05) is 0 Å². The number of ether oxygens (including phenoxy) is 1. The molecule has 0 bridgehead atoms. The Balaban J connectivity index is 3.58. The molecular formula is C20H18F13NO3. The molecule has 0 heterocycles. The number of halogens is 13. The quantitative estimate of drug-likeness (QED) is 0.274. The smallest absolute Gasteiger partial charge is 0.460 e. The van der Waals surface area contributed by atoms with Crippen LogP contribution in [0.4, 0.5) is 57.1 Å². The Morgan fingerprint density at radius 3 is 1.54 bits per heavy atom. The van der Waals surface area contributed by atoms with Crippen LogP contribution in [-0.4, -0.2) is 59.8 Å². The van der Waals surface area contributed by atoms with Crippen LogP contribution in [0.15, 0.2) is 30.3 Å². The zero-order valence-electron chi connectivity index (χ0n) is 18.8. The van der Waals surface area contributed by atoms with E-state index in [0.717, 1.165) is 26.0 Å². The van der Waals surface area contributed by atoms with Crippen molar-refractivity contribution in [2.45, 2.75) is 68.7 Å². The lowest BCUT2D eigenvalue weighted by atomic mass is 9.84. The molecule has 0 saturated carbocycles. The minimum absolute atomic E-state index is 0.137. The first-order chi connectivity index (χ1) is 16.4. The van der Waals surface area contributed by atoms with Gasteiger partial charge in [-0.15, -0.1) is 0 Å². The number of carbonyl (C=O) groups is 2. The van der Waals surface area contributed by atoms with Crippen molar-refractivity contribution in [1.29, 1.82) is 0 Å². The predicted molar refractivity (Wildman–Crippen MR) is 98.9 cm³/mol. The fourth-order valence-electron chi connectivity index (χ4n) is 2.78. The van der Waals surface area contributed by atoms with Gasteiger partial charge in [0.25, 0.3) is 5.91 Å². The normalized spacial score (nSPS) is 15.8. The number of hydrogen-bond donors (Lipinski definition) is 1. The van der Waals surface area contributed by atoms with Crippen LogP contribution in [-0.2, 0) is 9.53 Å². The van der Waals surface area contributed by atoms with Crippen LogP contribution in [0.5, 0.6) is 0 Å². The lowest BCUT2D eigenvalue weighted by molar-refractivity contribution is -0.443. The molecule has 1 aromatic rings. The van der Waals surface area contributed by atoms with Gasteiger partial charge in [-0.05, 0) is 26.0 Å². The van der Waals surface area contributed by atoms with E-state index in [-0.39, 0.29) is 6.92 Å². The molecule has 0 radical (unpaired) electrons. The van der Waals surface area contributed by atoms with Crippen LogP contribution >= 0.6 is 0 Å². The lowest BCUT2D eigenvalue weighted by Crippen LogP contribution is -2.72. The second-order valence-corrected chi connectivity index (χ2v) is 8.01. The number of amides is 1. The third kappa shape index (κ3) is 5.58. The Morgan fingerprint density at radius 2 is 1.14 bits per heavy atom. The summed E-state index contributed by atoms with van der Waals surface area (Å²) < 4.78 is 180. The van der Waals surface area contributed by atoms with E-state index in [0.29, 0.717) is 0 Å². The summed E-state index contributed by atoms with van der Waals surface area (Å²) >= 11 is 0. The summed E-state index contributed by atoms with van der Waals surface area (Å²) in [5, 5.41) is 1.47. The first-order valence-electron chi connectivity index (χ1n) is 9.90. The summed E-state index contributed by atoms with van der Waals surface area (Å²) in [4.78, 5) is 24.5. The number of nitrogens with one attached hydrogen (secondary N) is 1. The van der Waals surface area contributed by atoms with E-state index in [2.05, 4.69) is 4.74 Å². The Morgan fingerprint density at radius 1 is 0.703 bits per heavy atom. The van der Waals surface area contributed by atoms with Gasteiger partial charge < -0.3 is 10.1 Å². The molecule has 0 saturated heterocycles. The molecule has 0 aliphatic carbocycles. The highest BCUT2D eigenvalue weighted by Crippen LogP contribution is 2.61. The largest absolute Gasteiger partial charge is 0.461 e. The number of esters is 1. The van der Waals surface area contributed by atoms with E-state index in [1.54, 1.807) is 0 Å². The van der Waals surface area contributed by atoms with Gasteiger partial charge in [-0.25, -0.2) is 4.79 Å². The Bertz CT molecular complexity index is 962. The van der Waals surface area contributed by atoms with Crippen LogP contribution in [0.3, 0.4) is 0 Å². The highest BCUT2D eigenvalue weighted by molar-refractivity contribution is 5.96. The van der Waals surface area contributed by atoms with E-state index in [4.69, 9.17) is 0 Å². The molecule has 37 heavy (non-hydrogen) atoms. The topological polar surface area (TPSA) is 55.4 Å². The van der Waals surface area contributed by atoms with Gasteiger partial charge in [0.1, 0.15) is 6.04 Å². The summed E-state index contributed by atoms with van der Waals surface area (Å²) in [7, 11) is 0. The van der Waals surface area contributed by atoms with Crippen LogP contribution in [0.1, 0.15) is 31.1 Å². The zero-order valence-corrected chi connectivity index (χ0v) is 18.8. The van der Waals surface area contributed by atoms with E-state index in [1.165, 1.54) is 23.5 Å². The first-order valence-corrected chi connectivity index (χ1v) is 9.90. The molecule has 212 valence electrons. The summed E-state index contributed by atoms with van der Waals surface area (Å²) in [6.07, 6.45) is -8.74. The fourth-order valence-corrected chi connectivity index (χ4v) is 2.78. The van der Waals surface area contributed by atoms with Crippen molar-refractivity contribution in [3.05, 3.63) is 35.9 Å². The van der Waals surface area contributed by atoms with Crippen LogP contribution in [0.25, 0.3) is 0 Å². The molecule has 1 N–H and O–H groups in total. The molecule has 0 aliphatic heterocycles. The number of alkyl halides is 13. The van der Waals surface area contributed by atoms with Crippen molar-refractivity contribution in [2.24, 2.45) is 5.92 Å². The van der Waals surface area contributed by atoms with Gasteiger partial charge in [-0.2, -0.15) is 57.1 Å². The van der Waals surface area contributed by atoms with E-state index in [1.807, 2.05) is 0 Å². The molecule has 0 spiro atoms. The van der Waals surface area contributed by atoms with Crippen LogP contribution < -0.4 is 5.32 Å².